The highest BCUT2D eigenvalue weighted by Gasteiger charge is 2.43. The number of hydrogen-bond acceptors (Lipinski definition) is 8. The summed E-state index contributed by atoms with van der Waals surface area (Å²) >= 11 is 0. The average Bonchev–Trinajstić information content (AvgIpc) is 2.48. The van der Waals surface area contributed by atoms with Crippen molar-refractivity contribution in [3.05, 3.63) is 34.4 Å². The van der Waals surface area contributed by atoms with Gasteiger partial charge in [0.15, 0.2) is 6.23 Å². The summed E-state index contributed by atoms with van der Waals surface area (Å²) in [6.07, 6.45) is -6.58. The molecular formula is C12H16N2O7. The molecule has 0 unspecified atom stereocenters. The van der Waals surface area contributed by atoms with Gasteiger partial charge in [0.05, 0.1) is 11.5 Å². The highest BCUT2D eigenvalue weighted by Crippen LogP contribution is 2.24. The monoisotopic (exact) mass is 300 g/mol. The van der Waals surface area contributed by atoms with Crippen LogP contribution in [-0.2, 0) is 4.74 Å². The van der Waals surface area contributed by atoms with Crippen LogP contribution in [0.25, 0.3) is 0 Å². The summed E-state index contributed by atoms with van der Waals surface area (Å²) in [5.41, 5.74) is 0.151. The molecule has 1 aromatic rings. The number of nitrogens with one attached hydrogen (secondary N) is 1. The van der Waals surface area contributed by atoms with E-state index >= 15 is 0 Å². The summed E-state index contributed by atoms with van der Waals surface area (Å²) in [5.74, 6) is 0. The summed E-state index contributed by atoms with van der Waals surface area (Å²) in [5, 5.41) is 51.6. The second-order valence-electron chi connectivity index (χ2n) is 4.70. The minimum absolute atomic E-state index is 0.149. The van der Waals surface area contributed by atoms with E-state index in [1.807, 2.05) is 0 Å². The number of nitro benzene ring substituents is 1. The van der Waals surface area contributed by atoms with Crippen molar-refractivity contribution in [2.75, 3.05) is 11.9 Å². The molecule has 0 bridgehead atoms. The fraction of sp³-hybridized carbons (Fsp3) is 0.500. The van der Waals surface area contributed by atoms with Crippen LogP contribution in [0.2, 0.25) is 0 Å². The van der Waals surface area contributed by atoms with Gasteiger partial charge in [0.25, 0.3) is 5.69 Å². The lowest BCUT2D eigenvalue weighted by Gasteiger charge is -2.40. The maximum Gasteiger partial charge on any atom is 0.271 e. The smallest absolute Gasteiger partial charge is 0.271 e. The molecule has 1 saturated heterocycles. The SMILES string of the molecule is O=[N+]([O-])c1cccc(N[C@@H]2O[C@@H](CO)[C@@H](O)[C@@H](O)[C@@H]2O)c1. The molecule has 2 rings (SSSR count). The van der Waals surface area contributed by atoms with Gasteiger partial charge >= 0.3 is 0 Å². The third kappa shape index (κ3) is 3.28. The summed E-state index contributed by atoms with van der Waals surface area (Å²) < 4.78 is 5.24. The van der Waals surface area contributed by atoms with Crippen LogP contribution in [0.15, 0.2) is 24.3 Å². The van der Waals surface area contributed by atoms with Crippen molar-refractivity contribution >= 4 is 11.4 Å². The molecule has 9 heteroatoms. The maximum atomic E-state index is 10.7. The first-order chi connectivity index (χ1) is 9.93. The molecule has 21 heavy (non-hydrogen) atoms. The Morgan fingerprint density at radius 3 is 2.57 bits per heavy atom. The van der Waals surface area contributed by atoms with E-state index in [1.165, 1.54) is 24.3 Å². The zero-order valence-corrected chi connectivity index (χ0v) is 10.9. The third-order valence-corrected chi connectivity index (χ3v) is 3.26. The van der Waals surface area contributed by atoms with Crippen LogP contribution in [0.3, 0.4) is 0 Å². The van der Waals surface area contributed by atoms with Gasteiger partial charge in [-0.2, -0.15) is 0 Å². The molecule has 1 aromatic carbocycles. The molecule has 1 aliphatic rings. The molecule has 5 N–H and O–H groups in total. The normalized spacial score (nSPS) is 32.7. The highest BCUT2D eigenvalue weighted by atomic mass is 16.6. The summed E-state index contributed by atoms with van der Waals surface area (Å²) in [6, 6.07) is 5.51. The third-order valence-electron chi connectivity index (χ3n) is 3.26. The fourth-order valence-corrected chi connectivity index (χ4v) is 2.09. The van der Waals surface area contributed by atoms with E-state index < -0.39 is 42.2 Å². The predicted octanol–water partition coefficient (Wildman–Crippen LogP) is -1.19. The van der Waals surface area contributed by atoms with E-state index in [0.29, 0.717) is 5.69 Å². The van der Waals surface area contributed by atoms with Gasteiger partial charge in [0.1, 0.15) is 24.4 Å². The molecule has 116 valence electrons. The quantitative estimate of drug-likeness (QED) is 0.344. The molecule has 0 spiro atoms. The van der Waals surface area contributed by atoms with E-state index in [2.05, 4.69) is 5.32 Å². The van der Waals surface area contributed by atoms with Gasteiger partial charge in [-0.3, -0.25) is 10.1 Å². The van der Waals surface area contributed by atoms with Crippen molar-refractivity contribution in [2.24, 2.45) is 0 Å². The Balaban J connectivity index is 2.14. The summed E-state index contributed by atoms with van der Waals surface area (Å²) in [6.45, 7) is -0.544. The van der Waals surface area contributed by atoms with Crippen LogP contribution in [0.5, 0.6) is 0 Å². The van der Waals surface area contributed by atoms with Gasteiger partial charge in [0, 0.05) is 17.8 Å². The molecule has 0 aromatic heterocycles. The first kappa shape index (κ1) is 15.6. The Kier molecular flexibility index (Phi) is 4.70. The first-order valence-corrected chi connectivity index (χ1v) is 6.25. The van der Waals surface area contributed by atoms with E-state index in [4.69, 9.17) is 9.84 Å². The number of rotatable bonds is 4. The minimum Gasteiger partial charge on any atom is -0.394 e. The van der Waals surface area contributed by atoms with Gasteiger partial charge in [-0.1, -0.05) is 6.07 Å². The number of nitrogens with zero attached hydrogens (tertiary/aromatic N) is 1. The number of aliphatic hydroxyl groups excluding tert-OH is 4. The van der Waals surface area contributed by atoms with Gasteiger partial charge in [-0.25, -0.2) is 0 Å². The van der Waals surface area contributed by atoms with Gasteiger partial charge in [0.2, 0.25) is 0 Å². The molecule has 0 amide bonds. The molecule has 5 atom stereocenters. The molecule has 1 aliphatic heterocycles. The number of ether oxygens (including phenoxy) is 1. The van der Waals surface area contributed by atoms with Crippen molar-refractivity contribution in [1.29, 1.82) is 0 Å². The van der Waals surface area contributed by atoms with Crippen LogP contribution in [0.4, 0.5) is 11.4 Å². The molecular weight excluding hydrogens is 284 g/mol. The lowest BCUT2D eigenvalue weighted by molar-refractivity contribution is -0.384. The van der Waals surface area contributed by atoms with E-state index in [1.54, 1.807) is 0 Å². The number of anilines is 1. The highest BCUT2D eigenvalue weighted by molar-refractivity contribution is 5.51. The Hall–Kier alpha value is -1.78. The zero-order chi connectivity index (χ0) is 15.6. The lowest BCUT2D eigenvalue weighted by atomic mass is 9.98. The van der Waals surface area contributed by atoms with Crippen LogP contribution < -0.4 is 5.32 Å². The van der Waals surface area contributed by atoms with Crippen LogP contribution in [0, 0.1) is 10.1 Å². The summed E-state index contributed by atoms with van der Waals surface area (Å²) in [4.78, 5) is 10.1. The Bertz CT molecular complexity index is 510. The fourth-order valence-electron chi connectivity index (χ4n) is 2.09. The summed E-state index contributed by atoms with van der Waals surface area (Å²) in [7, 11) is 0. The van der Waals surface area contributed by atoms with Crippen molar-refractivity contribution in [2.45, 2.75) is 30.6 Å². The van der Waals surface area contributed by atoms with E-state index in [-0.39, 0.29) is 5.69 Å². The van der Waals surface area contributed by atoms with Gasteiger partial charge in [-0.15, -0.1) is 0 Å². The van der Waals surface area contributed by atoms with Crippen molar-refractivity contribution in [3.8, 4) is 0 Å². The second kappa shape index (κ2) is 6.33. The molecule has 0 aliphatic carbocycles. The lowest BCUT2D eigenvalue weighted by Crippen LogP contribution is -2.60. The van der Waals surface area contributed by atoms with Gasteiger partial charge in [-0.05, 0) is 6.07 Å². The largest absolute Gasteiger partial charge is 0.394 e. The maximum absolute atomic E-state index is 10.7. The second-order valence-corrected chi connectivity index (χ2v) is 4.70. The Morgan fingerprint density at radius 1 is 1.24 bits per heavy atom. The van der Waals surface area contributed by atoms with Crippen LogP contribution >= 0.6 is 0 Å². The molecule has 9 nitrogen and oxygen atoms in total. The number of non-ortho nitro benzene ring substituents is 1. The molecule has 1 fully saturated rings. The van der Waals surface area contributed by atoms with Crippen LogP contribution in [-0.4, -0.2) is 62.6 Å². The zero-order valence-electron chi connectivity index (χ0n) is 10.9. The number of benzene rings is 1. The van der Waals surface area contributed by atoms with E-state index in [9.17, 15) is 25.4 Å². The number of hydrogen-bond donors (Lipinski definition) is 5. The van der Waals surface area contributed by atoms with E-state index in [0.717, 1.165) is 0 Å². The number of aliphatic hydroxyl groups is 4. The Morgan fingerprint density at radius 2 is 1.95 bits per heavy atom. The topological polar surface area (TPSA) is 145 Å². The predicted molar refractivity (Wildman–Crippen MR) is 70.5 cm³/mol. The first-order valence-electron chi connectivity index (χ1n) is 6.25. The average molecular weight is 300 g/mol. The molecule has 0 radical (unpaired) electrons. The molecule has 1 heterocycles. The van der Waals surface area contributed by atoms with Crippen molar-refractivity contribution in [3.63, 3.8) is 0 Å². The number of nitro groups is 1. The minimum atomic E-state index is -1.51. The Labute approximate surface area is 119 Å². The molecule has 0 saturated carbocycles. The van der Waals surface area contributed by atoms with Gasteiger partial charge < -0.3 is 30.5 Å². The van der Waals surface area contributed by atoms with Crippen LogP contribution in [0.1, 0.15) is 0 Å². The van der Waals surface area contributed by atoms with Crippen molar-refractivity contribution in [1.82, 2.24) is 0 Å². The van der Waals surface area contributed by atoms with Crippen molar-refractivity contribution < 1.29 is 30.1 Å². The standard InChI is InChI=1S/C12H16N2O7/c15-5-8-9(16)10(17)11(18)12(21-8)13-6-2-1-3-7(4-6)14(19)20/h1-4,8-13,15-18H,5H2/t8-,9+,10+,11-,12+/m0/s1.